The molecule has 0 aromatic carbocycles. The molecule has 8 heteroatoms. The van der Waals surface area contributed by atoms with Crippen LogP contribution < -0.4 is 5.32 Å². The van der Waals surface area contributed by atoms with Crippen molar-refractivity contribution < 1.29 is 19.1 Å². The van der Waals surface area contributed by atoms with Crippen LogP contribution in [0.4, 0.5) is 5.69 Å². The molecule has 0 aliphatic carbocycles. The number of cyclic esters (lactones) is 2. The molecule has 0 unspecified atom stereocenters. The molecule has 1 aromatic rings. The van der Waals surface area contributed by atoms with E-state index in [-0.39, 0.29) is 15.9 Å². The summed E-state index contributed by atoms with van der Waals surface area (Å²) < 4.78 is 9.88. The van der Waals surface area contributed by atoms with Crippen molar-refractivity contribution in [1.82, 2.24) is 4.98 Å². The van der Waals surface area contributed by atoms with Gasteiger partial charge in [-0.25, -0.2) is 14.6 Å². The lowest BCUT2D eigenvalue weighted by Crippen LogP contribution is -2.42. The summed E-state index contributed by atoms with van der Waals surface area (Å²) in [6, 6.07) is 2.96. The Morgan fingerprint density at radius 3 is 2.15 bits per heavy atom. The molecular formula is C12H10Cl2N2O4. The Bertz CT molecular complexity index is 571. The van der Waals surface area contributed by atoms with Crippen molar-refractivity contribution in [2.24, 2.45) is 0 Å². The fourth-order valence-corrected chi connectivity index (χ4v) is 1.94. The Balaban J connectivity index is 2.19. The highest BCUT2D eigenvalue weighted by atomic mass is 35.5. The summed E-state index contributed by atoms with van der Waals surface area (Å²) in [6.45, 7) is 2.94. The van der Waals surface area contributed by atoms with Crippen molar-refractivity contribution in [3.05, 3.63) is 34.2 Å². The first kappa shape index (κ1) is 14.6. The lowest BCUT2D eigenvalue weighted by molar-refractivity contribution is -0.222. The van der Waals surface area contributed by atoms with Crippen molar-refractivity contribution in [3.63, 3.8) is 0 Å². The van der Waals surface area contributed by atoms with E-state index in [0.717, 1.165) is 0 Å². The number of nitrogens with one attached hydrogen (secondary N) is 1. The van der Waals surface area contributed by atoms with Crippen LogP contribution >= 0.6 is 23.2 Å². The molecule has 0 saturated carbocycles. The number of aromatic nitrogens is 1. The van der Waals surface area contributed by atoms with E-state index in [2.05, 4.69) is 10.3 Å². The second-order valence-electron chi connectivity index (χ2n) is 4.38. The molecule has 2 heterocycles. The van der Waals surface area contributed by atoms with Gasteiger partial charge in [-0.15, -0.1) is 0 Å². The van der Waals surface area contributed by atoms with Gasteiger partial charge in [0.15, 0.2) is 5.57 Å². The van der Waals surface area contributed by atoms with Gasteiger partial charge < -0.3 is 14.8 Å². The number of rotatable bonds is 2. The quantitative estimate of drug-likeness (QED) is 0.391. The number of esters is 2. The third-order valence-electron chi connectivity index (χ3n) is 2.26. The molecule has 0 bridgehead atoms. The Labute approximate surface area is 124 Å². The lowest BCUT2D eigenvalue weighted by Gasteiger charge is -2.29. The van der Waals surface area contributed by atoms with Gasteiger partial charge in [-0.1, -0.05) is 23.2 Å². The van der Waals surface area contributed by atoms with Crippen molar-refractivity contribution in [3.8, 4) is 0 Å². The number of ether oxygens (including phenoxy) is 2. The van der Waals surface area contributed by atoms with Crippen LogP contribution in [0.25, 0.3) is 0 Å². The SMILES string of the molecule is CC1(C)OC(=O)C(=CNc2cc(Cl)nc(Cl)c2)C(=O)O1. The predicted octanol–water partition coefficient (Wildman–Crippen LogP) is 2.52. The summed E-state index contributed by atoms with van der Waals surface area (Å²) in [7, 11) is 0. The minimum atomic E-state index is -1.27. The van der Waals surface area contributed by atoms with Gasteiger partial charge in [0.25, 0.3) is 5.79 Å². The van der Waals surface area contributed by atoms with Gasteiger partial charge in [0.1, 0.15) is 10.3 Å². The van der Waals surface area contributed by atoms with E-state index in [0.29, 0.717) is 5.69 Å². The number of nitrogens with zero attached hydrogens (tertiary/aromatic N) is 1. The molecule has 20 heavy (non-hydrogen) atoms. The molecule has 2 rings (SSSR count). The summed E-state index contributed by atoms with van der Waals surface area (Å²) in [4.78, 5) is 27.1. The lowest BCUT2D eigenvalue weighted by atomic mass is 10.2. The Kier molecular flexibility index (Phi) is 3.87. The van der Waals surface area contributed by atoms with E-state index >= 15 is 0 Å². The van der Waals surface area contributed by atoms with Crippen molar-refractivity contribution in [2.45, 2.75) is 19.6 Å². The van der Waals surface area contributed by atoms with E-state index < -0.39 is 17.7 Å². The molecule has 106 valence electrons. The fourth-order valence-electron chi connectivity index (χ4n) is 1.48. The predicted molar refractivity (Wildman–Crippen MR) is 72.2 cm³/mol. The topological polar surface area (TPSA) is 77.5 Å². The molecule has 1 aliphatic heterocycles. The van der Waals surface area contributed by atoms with Gasteiger partial charge in [-0.3, -0.25) is 0 Å². The Hall–Kier alpha value is -1.79. The van der Waals surface area contributed by atoms with Crippen LogP contribution in [0.5, 0.6) is 0 Å². The van der Waals surface area contributed by atoms with Gasteiger partial charge in [0.05, 0.1) is 0 Å². The maximum absolute atomic E-state index is 11.7. The second-order valence-corrected chi connectivity index (χ2v) is 5.16. The van der Waals surface area contributed by atoms with Gasteiger partial charge in [-0.05, 0) is 12.1 Å². The molecule has 6 nitrogen and oxygen atoms in total. The van der Waals surface area contributed by atoms with Crippen molar-refractivity contribution in [1.29, 1.82) is 0 Å². The zero-order chi connectivity index (χ0) is 14.9. The van der Waals surface area contributed by atoms with Crippen molar-refractivity contribution >= 4 is 40.8 Å². The standard InChI is InChI=1S/C12H10Cl2N2O4/c1-12(2)19-10(17)7(11(18)20-12)5-15-6-3-8(13)16-9(14)4-6/h3-5H,1-2H3,(H,15,16). The fraction of sp³-hybridized carbons (Fsp3) is 0.250. The Morgan fingerprint density at radius 2 is 1.65 bits per heavy atom. The van der Waals surface area contributed by atoms with E-state index in [1.807, 2.05) is 0 Å². The van der Waals surface area contributed by atoms with Crippen LogP contribution in [0.1, 0.15) is 13.8 Å². The molecule has 1 fully saturated rings. The summed E-state index contributed by atoms with van der Waals surface area (Å²) in [5.41, 5.74) is 0.210. The van der Waals surface area contributed by atoms with Crippen LogP contribution in [0.15, 0.2) is 23.9 Å². The minimum absolute atomic E-state index is 0.174. The highest BCUT2D eigenvalue weighted by Gasteiger charge is 2.38. The monoisotopic (exact) mass is 316 g/mol. The molecule has 0 amide bonds. The molecular weight excluding hydrogens is 307 g/mol. The van der Waals surface area contributed by atoms with Crippen LogP contribution in [0.3, 0.4) is 0 Å². The minimum Gasteiger partial charge on any atom is -0.419 e. The molecule has 0 radical (unpaired) electrons. The van der Waals surface area contributed by atoms with Gasteiger partial charge in [-0.2, -0.15) is 0 Å². The third-order valence-corrected chi connectivity index (χ3v) is 2.65. The molecule has 1 aromatic heterocycles. The number of carbonyl (C=O) groups is 2. The highest BCUT2D eigenvalue weighted by Crippen LogP contribution is 2.23. The average Bonchev–Trinajstić information content (AvgIpc) is 2.24. The van der Waals surface area contributed by atoms with Crippen molar-refractivity contribution in [2.75, 3.05) is 5.32 Å². The average molecular weight is 317 g/mol. The number of hydrogen-bond donors (Lipinski definition) is 1. The summed E-state index contributed by atoms with van der Waals surface area (Å²) in [6.07, 6.45) is 1.17. The number of hydrogen-bond acceptors (Lipinski definition) is 6. The summed E-state index contributed by atoms with van der Waals surface area (Å²) in [5, 5.41) is 3.06. The van der Waals surface area contributed by atoms with Crippen LogP contribution in [0.2, 0.25) is 10.3 Å². The van der Waals surface area contributed by atoms with E-state index in [1.165, 1.54) is 32.2 Å². The van der Waals surface area contributed by atoms with Crippen LogP contribution in [-0.2, 0) is 19.1 Å². The molecule has 0 atom stereocenters. The summed E-state index contributed by atoms with van der Waals surface area (Å²) in [5.74, 6) is -2.82. The third kappa shape index (κ3) is 3.40. The Morgan fingerprint density at radius 1 is 1.15 bits per heavy atom. The molecule has 1 saturated heterocycles. The smallest absolute Gasteiger partial charge is 0.350 e. The first-order valence-corrected chi connectivity index (χ1v) is 6.29. The van der Waals surface area contributed by atoms with E-state index in [1.54, 1.807) is 0 Å². The number of carbonyl (C=O) groups excluding carboxylic acids is 2. The van der Waals surface area contributed by atoms with E-state index in [4.69, 9.17) is 32.7 Å². The normalized spacial score (nSPS) is 17.3. The second kappa shape index (κ2) is 5.30. The largest absolute Gasteiger partial charge is 0.419 e. The van der Waals surface area contributed by atoms with Gasteiger partial charge in [0, 0.05) is 25.7 Å². The van der Waals surface area contributed by atoms with Gasteiger partial charge in [0.2, 0.25) is 0 Å². The maximum atomic E-state index is 11.7. The molecule has 1 aliphatic rings. The highest BCUT2D eigenvalue weighted by molar-refractivity contribution is 6.32. The molecule has 1 N–H and O–H groups in total. The molecule has 0 spiro atoms. The number of anilines is 1. The van der Waals surface area contributed by atoms with Crippen LogP contribution in [0, 0.1) is 0 Å². The van der Waals surface area contributed by atoms with Crippen LogP contribution in [-0.4, -0.2) is 22.7 Å². The van der Waals surface area contributed by atoms with E-state index in [9.17, 15) is 9.59 Å². The number of halogens is 2. The first-order chi connectivity index (χ1) is 9.27. The first-order valence-electron chi connectivity index (χ1n) is 5.53. The zero-order valence-corrected chi connectivity index (χ0v) is 12.1. The van der Waals surface area contributed by atoms with Gasteiger partial charge >= 0.3 is 11.9 Å². The maximum Gasteiger partial charge on any atom is 0.350 e. The zero-order valence-electron chi connectivity index (χ0n) is 10.6. The number of pyridine rings is 1. The summed E-state index contributed by atoms with van der Waals surface area (Å²) >= 11 is 11.5.